The molecule has 2 N–H and O–H groups in total. The lowest BCUT2D eigenvalue weighted by atomic mass is 10.1. The minimum atomic E-state index is 0. The van der Waals surface area contributed by atoms with Crippen LogP contribution in [0.2, 0.25) is 0 Å². The van der Waals surface area contributed by atoms with Gasteiger partial charge in [0, 0.05) is 19.7 Å². The predicted octanol–water partition coefficient (Wildman–Crippen LogP) is 2.27. The maximum Gasteiger partial charge on any atom is 0.191 e. The molecule has 1 aromatic heterocycles. The van der Waals surface area contributed by atoms with E-state index >= 15 is 0 Å². The van der Waals surface area contributed by atoms with Crippen molar-refractivity contribution in [2.45, 2.75) is 26.3 Å². The third-order valence-electron chi connectivity index (χ3n) is 2.24. The van der Waals surface area contributed by atoms with Crippen molar-refractivity contribution < 1.29 is 4.52 Å². The molecule has 1 rings (SSSR count). The number of nitrogens with zero attached hydrogens (tertiary/aromatic N) is 2. The number of nitrogens with one attached hydrogen (secondary N) is 2. The van der Waals surface area contributed by atoms with Crippen LogP contribution < -0.4 is 10.6 Å². The van der Waals surface area contributed by atoms with E-state index in [1.165, 1.54) is 0 Å². The Morgan fingerprint density at radius 1 is 1.56 bits per heavy atom. The van der Waals surface area contributed by atoms with Crippen LogP contribution in [0, 0.1) is 0 Å². The first-order chi connectivity index (χ1) is 8.17. The molecule has 0 saturated carbocycles. The third kappa shape index (κ3) is 5.52. The highest BCUT2D eigenvalue weighted by Crippen LogP contribution is 2.13. The molecule has 0 aliphatic carbocycles. The van der Waals surface area contributed by atoms with Crippen molar-refractivity contribution in [3.8, 4) is 0 Å². The van der Waals surface area contributed by atoms with E-state index < -0.39 is 0 Å². The summed E-state index contributed by atoms with van der Waals surface area (Å²) in [4.78, 5) is 4.07. The van der Waals surface area contributed by atoms with Crippen LogP contribution in [0.1, 0.15) is 31.2 Å². The van der Waals surface area contributed by atoms with Gasteiger partial charge in [-0.05, 0) is 5.92 Å². The Balaban J connectivity index is 0.00000289. The molecule has 0 aromatic carbocycles. The number of rotatable bonds is 5. The SMILES string of the molecule is C=CCNC(=NC)NCc1cc(C(C)C)no1.I. The maximum absolute atomic E-state index is 5.21. The summed E-state index contributed by atoms with van der Waals surface area (Å²) < 4.78 is 5.21. The molecule has 1 heterocycles. The van der Waals surface area contributed by atoms with Crippen LogP contribution in [-0.4, -0.2) is 24.7 Å². The first kappa shape index (κ1) is 16.9. The van der Waals surface area contributed by atoms with E-state index in [0.717, 1.165) is 11.5 Å². The second-order valence-electron chi connectivity index (χ2n) is 3.97. The minimum absolute atomic E-state index is 0. The van der Waals surface area contributed by atoms with Gasteiger partial charge in [-0.1, -0.05) is 25.1 Å². The van der Waals surface area contributed by atoms with Crippen LogP contribution >= 0.6 is 24.0 Å². The van der Waals surface area contributed by atoms with E-state index in [1.54, 1.807) is 13.1 Å². The summed E-state index contributed by atoms with van der Waals surface area (Å²) in [6.07, 6.45) is 1.78. The number of hydrogen-bond acceptors (Lipinski definition) is 3. The molecule has 0 aliphatic rings. The van der Waals surface area contributed by atoms with Crippen molar-refractivity contribution in [2.24, 2.45) is 4.99 Å². The molecule has 0 spiro atoms. The van der Waals surface area contributed by atoms with Crippen molar-refractivity contribution in [1.29, 1.82) is 0 Å². The van der Waals surface area contributed by atoms with Gasteiger partial charge in [-0.3, -0.25) is 4.99 Å². The number of aliphatic imine (C=N–C) groups is 1. The second-order valence-corrected chi connectivity index (χ2v) is 3.97. The first-order valence-electron chi connectivity index (χ1n) is 5.68. The van der Waals surface area contributed by atoms with E-state index in [4.69, 9.17) is 4.52 Å². The van der Waals surface area contributed by atoms with Gasteiger partial charge in [0.25, 0.3) is 0 Å². The van der Waals surface area contributed by atoms with Gasteiger partial charge in [0.1, 0.15) is 0 Å². The van der Waals surface area contributed by atoms with E-state index in [0.29, 0.717) is 25.0 Å². The largest absolute Gasteiger partial charge is 0.359 e. The Morgan fingerprint density at radius 2 is 2.28 bits per heavy atom. The van der Waals surface area contributed by atoms with E-state index in [2.05, 4.69) is 41.2 Å². The fourth-order valence-electron chi connectivity index (χ4n) is 1.24. The van der Waals surface area contributed by atoms with Gasteiger partial charge in [-0.15, -0.1) is 30.6 Å². The molecule has 18 heavy (non-hydrogen) atoms. The zero-order valence-electron chi connectivity index (χ0n) is 11.1. The second kappa shape index (κ2) is 8.96. The molecule has 102 valence electrons. The van der Waals surface area contributed by atoms with Gasteiger partial charge in [0.05, 0.1) is 12.2 Å². The van der Waals surface area contributed by atoms with Gasteiger partial charge in [-0.2, -0.15) is 0 Å². The highest BCUT2D eigenvalue weighted by atomic mass is 127. The lowest BCUT2D eigenvalue weighted by Crippen LogP contribution is -2.36. The fourth-order valence-corrected chi connectivity index (χ4v) is 1.24. The molecular formula is C12H21IN4O. The molecular weight excluding hydrogens is 343 g/mol. The average molecular weight is 364 g/mol. The monoisotopic (exact) mass is 364 g/mol. The van der Waals surface area contributed by atoms with Crippen LogP contribution in [0.15, 0.2) is 28.2 Å². The summed E-state index contributed by atoms with van der Waals surface area (Å²) in [6.45, 7) is 9.04. The van der Waals surface area contributed by atoms with Gasteiger partial charge in [0.15, 0.2) is 11.7 Å². The third-order valence-corrected chi connectivity index (χ3v) is 2.24. The first-order valence-corrected chi connectivity index (χ1v) is 5.68. The molecule has 0 saturated heterocycles. The molecule has 6 heteroatoms. The molecule has 5 nitrogen and oxygen atoms in total. The molecule has 0 fully saturated rings. The van der Waals surface area contributed by atoms with Crippen LogP contribution in [0.4, 0.5) is 0 Å². The predicted molar refractivity (Wildman–Crippen MR) is 84.4 cm³/mol. The highest BCUT2D eigenvalue weighted by Gasteiger charge is 2.07. The summed E-state index contributed by atoms with van der Waals surface area (Å²) in [6, 6.07) is 1.96. The van der Waals surface area contributed by atoms with Crippen molar-refractivity contribution in [2.75, 3.05) is 13.6 Å². The molecule has 0 amide bonds. The molecule has 0 aliphatic heterocycles. The Labute approximate surface area is 125 Å². The van der Waals surface area contributed by atoms with Gasteiger partial charge in [-0.25, -0.2) is 0 Å². The topological polar surface area (TPSA) is 62.5 Å². The zero-order chi connectivity index (χ0) is 12.7. The summed E-state index contributed by atoms with van der Waals surface area (Å²) in [7, 11) is 1.72. The van der Waals surface area contributed by atoms with E-state index in [1.807, 2.05) is 6.07 Å². The fraction of sp³-hybridized carbons (Fsp3) is 0.500. The molecule has 0 radical (unpaired) electrons. The number of aromatic nitrogens is 1. The van der Waals surface area contributed by atoms with Gasteiger partial charge in [0.2, 0.25) is 0 Å². The lowest BCUT2D eigenvalue weighted by Gasteiger charge is -2.08. The van der Waals surface area contributed by atoms with Crippen molar-refractivity contribution in [3.63, 3.8) is 0 Å². The molecule has 0 atom stereocenters. The molecule has 1 aromatic rings. The number of halogens is 1. The van der Waals surface area contributed by atoms with Crippen molar-refractivity contribution in [1.82, 2.24) is 15.8 Å². The van der Waals surface area contributed by atoms with Crippen LogP contribution in [0.25, 0.3) is 0 Å². The Bertz CT molecular complexity index is 387. The summed E-state index contributed by atoms with van der Waals surface area (Å²) >= 11 is 0. The van der Waals surface area contributed by atoms with E-state index in [-0.39, 0.29) is 24.0 Å². The van der Waals surface area contributed by atoms with Crippen molar-refractivity contribution >= 4 is 29.9 Å². The average Bonchev–Trinajstić information content (AvgIpc) is 2.78. The molecule has 0 unspecified atom stereocenters. The van der Waals surface area contributed by atoms with Crippen LogP contribution in [-0.2, 0) is 6.54 Å². The summed E-state index contributed by atoms with van der Waals surface area (Å²) in [5, 5.41) is 10.2. The van der Waals surface area contributed by atoms with Crippen molar-refractivity contribution in [3.05, 3.63) is 30.2 Å². The Kier molecular flexibility index (Phi) is 8.43. The van der Waals surface area contributed by atoms with Gasteiger partial charge >= 0.3 is 0 Å². The standard InChI is InChI=1S/C12H20N4O.HI/c1-5-6-14-12(13-4)15-8-10-7-11(9(2)3)16-17-10;/h5,7,9H,1,6,8H2,2-4H3,(H2,13,14,15);1H. The zero-order valence-corrected chi connectivity index (χ0v) is 13.4. The van der Waals surface area contributed by atoms with E-state index in [9.17, 15) is 0 Å². The molecule has 0 bridgehead atoms. The van der Waals surface area contributed by atoms with Crippen LogP contribution in [0.5, 0.6) is 0 Å². The quantitative estimate of drug-likeness (QED) is 0.364. The number of guanidine groups is 1. The normalized spacial score (nSPS) is 11.0. The highest BCUT2D eigenvalue weighted by molar-refractivity contribution is 14.0. The Hall–Kier alpha value is -1.05. The summed E-state index contributed by atoms with van der Waals surface area (Å²) in [5.41, 5.74) is 0.968. The number of hydrogen-bond donors (Lipinski definition) is 2. The van der Waals surface area contributed by atoms with Gasteiger partial charge < -0.3 is 15.2 Å². The minimum Gasteiger partial charge on any atom is -0.359 e. The smallest absolute Gasteiger partial charge is 0.191 e. The lowest BCUT2D eigenvalue weighted by molar-refractivity contribution is 0.372. The van der Waals surface area contributed by atoms with Crippen LogP contribution in [0.3, 0.4) is 0 Å². The summed E-state index contributed by atoms with van der Waals surface area (Å²) in [5.74, 6) is 1.90. The Morgan fingerprint density at radius 3 is 2.78 bits per heavy atom. The maximum atomic E-state index is 5.21.